The molecule has 0 aliphatic carbocycles. The predicted molar refractivity (Wildman–Crippen MR) is 133 cm³/mol. The number of rotatable bonds is 6. The molecule has 1 fully saturated rings. The van der Waals surface area contributed by atoms with E-state index in [9.17, 15) is 27.9 Å². The van der Waals surface area contributed by atoms with Gasteiger partial charge in [-0.3, -0.25) is 25.2 Å². The predicted octanol–water partition coefficient (Wildman–Crippen LogP) is 1.73. The third-order valence-corrected chi connectivity index (χ3v) is 8.00. The molecule has 2 amide bonds. The van der Waals surface area contributed by atoms with E-state index in [1.807, 2.05) is 12.1 Å². The van der Waals surface area contributed by atoms with Crippen LogP contribution in [0.3, 0.4) is 0 Å². The highest BCUT2D eigenvalue weighted by Gasteiger charge is 2.44. The molecule has 3 aromatic rings. The zero-order valence-corrected chi connectivity index (χ0v) is 21.2. The Balaban J connectivity index is 1.38. The van der Waals surface area contributed by atoms with Gasteiger partial charge in [0.25, 0.3) is 11.8 Å². The van der Waals surface area contributed by atoms with Gasteiger partial charge < -0.3 is 9.84 Å². The second-order valence-corrected chi connectivity index (χ2v) is 10.9. The molecule has 0 unspecified atom stereocenters. The monoisotopic (exact) mass is 575 g/mol. The van der Waals surface area contributed by atoms with Gasteiger partial charge in [-0.2, -0.15) is 4.31 Å². The molecule has 188 valence electrons. The van der Waals surface area contributed by atoms with Crippen LogP contribution in [0.5, 0.6) is 0 Å². The number of nitrogens with one attached hydrogen (secondary N) is 2. The number of aliphatic hydroxyl groups is 1. The lowest BCUT2D eigenvalue weighted by Gasteiger charge is -2.22. The molecule has 1 saturated heterocycles. The van der Waals surface area contributed by atoms with Crippen LogP contribution in [-0.2, 0) is 24.3 Å². The van der Waals surface area contributed by atoms with Crippen LogP contribution >= 0.6 is 15.9 Å². The van der Waals surface area contributed by atoms with Gasteiger partial charge in [0.2, 0.25) is 10.0 Å². The van der Waals surface area contributed by atoms with Gasteiger partial charge in [0.1, 0.15) is 6.04 Å². The highest BCUT2D eigenvalue weighted by molar-refractivity contribution is 9.10. The Hall–Kier alpha value is -3.32. The fourth-order valence-corrected chi connectivity index (χ4v) is 5.72. The number of nitrogens with zero attached hydrogens (tertiary/aromatic N) is 1. The number of hydrogen-bond donors (Lipinski definition) is 3. The van der Waals surface area contributed by atoms with Gasteiger partial charge >= 0.3 is 5.97 Å². The zero-order valence-electron chi connectivity index (χ0n) is 18.8. The molecule has 4 rings (SSSR count). The zero-order chi connectivity index (χ0) is 25.9. The Bertz CT molecular complexity index is 1410. The van der Waals surface area contributed by atoms with E-state index in [4.69, 9.17) is 4.74 Å². The molecular weight excluding hydrogens is 554 g/mol. The minimum Gasteiger partial charge on any atom is -0.454 e. The molecular formula is C24H22BrN3O7S. The molecule has 12 heteroatoms. The molecule has 0 bridgehead atoms. The number of halogens is 1. The molecule has 1 aliphatic rings. The normalized spacial score (nSPS) is 18.1. The van der Waals surface area contributed by atoms with Crippen molar-refractivity contribution in [3.63, 3.8) is 0 Å². The number of amides is 2. The minimum absolute atomic E-state index is 0.0264. The number of carbonyl (C=O) groups is 3. The quantitative estimate of drug-likeness (QED) is 0.300. The number of sulfonamides is 1. The number of hydrogen-bond acceptors (Lipinski definition) is 7. The van der Waals surface area contributed by atoms with E-state index in [0.717, 1.165) is 14.2 Å². The van der Waals surface area contributed by atoms with Gasteiger partial charge in [0.15, 0.2) is 6.61 Å². The smallest absolute Gasteiger partial charge is 0.325 e. The fraction of sp³-hybridized carbons (Fsp3) is 0.208. The average molecular weight is 576 g/mol. The number of ether oxygens (including phenoxy) is 1. The van der Waals surface area contributed by atoms with E-state index in [2.05, 4.69) is 26.8 Å². The molecule has 3 N–H and O–H groups in total. The van der Waals surface area contributed by atoms with Crippen LogP contribution in [0.15, 0.2) is 76.1 Å². The highest BCUT2D eigenvalue weighted by Crippen LogP contribution is 2.29. The molecule has 2 atom stereocenters. The van der Waals surface area contributed by atoms with Crippen LogP contribution < -0.4 is 10.9 Å². The summed E-state index contributed by atoms with van der Waals surface area (Å²) in [4.78, 5) is 36.8. The van der Waals surface area contributed by atoms with E-state index in [-0.39, 0.29) is 17.9 Å². The Morgan fingerprint density at radius 3 is 2.42 bits per heavy atom. The van der Waals surface area contributed by atoms with Crippen molar-refractivity contribution in [3.05, 3.63) is 76.8 Å². The van der Waals surface area contributed by atoms with Crippen LogP contribution in [-0.4, -0.2) is 60.9 Å². The summed E-state index contributed by atoms with van der Waals surface area (Å²) in [5.74, 6) is -2.38. The summed E-state index contributed by atoms with van der Waals surface area (Å²) < 4.78 is 33.2. The fourth-order valence-electron chi connectivity index (χ4n) is 3.80. The van der Waals surface area contributed by atoms with E-state index >= 15 is 0 Å². The number of hydrazine groups is 1. The Morgan fingerprint density at radius 2 is 1.69 bits per heavy atom. The van der Waals surface area contributed by atoms with E-state index in [1.165, 1.54) is 12.1 Å². The van der Waals surface area contributed by atoms with Crippen molar-refractivity contribution in [3.8, 4) is 0 Å². The maximum Gasteiger partial charge on any atom is 0.325 e. The van der Waals surface area contributed by atoms with Gasteiger partial charge in [-0.1, -0.05) is 46.3 Å². The molecule has 10 nitrogen and oxygen atoms in total. The van der Waals surface area contributed by atoms with Crippen molar-refractivity contribution in [2.75, 3.05) is 13.2 Å². The summed E-state index contributed by atoms with van der Waals surface area (Å²) in [6, 6.07) is 16.9. The van der Waals surface area contributed by atoms with Crippen molar-refractivity contribution >= 4 is 54.5 Å². The molecule has 36 heavy (non-hydrogen) atoms. The van der Waals surface area contributed by atoms with Gasteiger partial charge in [-0.25, -0.2) is 8.42 Å². The molecule has 1 heterocycles. The van der Waals surface area contributed by atoms with Gasteiger partial charge in [-0.05, 0) is 47.2 Å². The van der Waals surface area contributed by atoms with Crippen molar-refractivity contribution in [1.82, 2.24) is 15.2 Å². The lowest BCUT2D eigenvalue weighted by molar-refractivity contribution is -0.151. The van der Waals surface area contributed by atoms with Crippen LogP contribution in [0, 0.1) is 0 Å². The Kier molecular flexibility index (Phi) is 7.69. The Morgan fingerprint density at radius 1 is 1.00 bits per heavy atom. The van der Waals surface area contributed by atoms with Crippen molar-refractivity contribution in [1.29, 1.82) is 0 Å². The number of β-amino-alcohol motifs (C(OH)–C–C–N with tert-alkyl or cyclic N) is 1. The highest BCUT2D eigenvalue weighted by atomic mass is 79.9. The van der Waals surface area contributed by atoms with Crippen molar-refractivity contribution < 1.29 is 32.6 Å². The summed E-state index contributed by atoms with van der Waals surface area (Å²) in [5.41, 5.74) is 4.62. The maximum atomic E-state index is 13.3. The second kappa shape index (κ2) is 10.7. The van der Waals surface area contributed by atoms with E-state index in [1.54, 1.807) is 42.5 Å². The molecule has 0 saturated carbocycles. The first-order chi connectivity index (χ1) is 17.1. The Labute approximate surface area is 215 Å². The first-order valence-corrected chi connectivity index (χ1v) is 13.1. The number of aliphatic hydroxyl groups excluding tert-OH is 1. The third kappa shape index (κ3) is 5.73. The van der Waals surface area contributed by atoms with Gasteiger partial charge in [-0.15, -0.1) is 0 Å². The minimum atomic E-state index is -4.14. The summed E-state index contributed by atoms with van der Waals surface area (Å²) in [7, 11) is -4.14. The van der Waals surface area contributed by atoms with E-state index in [0.29, 0.717) is 10.9 Å². The molecule has 0 radical (unpaired) electrons. The van der Waals surface area contributed by atoms with Gasteiger partial charge in [0, 0.05) is 23.0 Å². The van der Waals surface area contributed by atoms with Gasteiger partial charge in [0.05, 0.1) is 11.0 Å². The molecule has 3 aromatic carbocycles. The third-order valence-electron chi connectivity index (χ3n) is 5.60. The summed E-state index contributed by atoms with van der Waals surface area (Å²) in [5, 5.41) is 11.7. The first-order valence-electron chi connectivity index (χ1n) is 10.9. The van der Waals surface area contributed by atoms with Crippen LogP contribution in [0.2, 0.25) is 0 Å². The molecule has 1 aliphatic heterocycles. The number of benzene rings is 3. The first kappa shape index (κ1) is 25.8. The van der Waals surface area contributed by atoms with Crippen LogP contribution in [0.25, 0.3) is 10.8 Å². The summed E-state index contributed by atoms with van der Waals surface area (Å²) >= 11 is 3.25. The van der Waals surface area contributed by atoms with E-state index < -0.39 is 46.6 Å². The largest absolute Gasteiger partial charge is 0.454 e. The lowest BCUT2D eigenvalue weighted by atomic mass is 10.1. The van der Waals surface area contributed by atoms with Crippen LogP contribution in [0.1, 0.15) is 16.8 Å². The lowest BCUT2D eigenvalue weighted by Crippen LogP contribution is -2.45. The SMILES string of the molecule is O=C(COC(=O)[C@@H]1C[C@H](O)CN1S(=O)(=O)c1ccc2ccccc2c1)NNC(=O)c1ccc(Br)cc1. The standard InChI is InChI=1S/C24H22BrN3O7S/c25-18-8-5-16(6-9-18)23(31)27-26-22(30)14-35-24(32)21-12-19(29)13-28(21)36(33,34)20-10-7-15-3-1-2-4-17(15)11-20/h1-11,19,21,29H,12-14H2,(H,26,30)(H,27,31)/t19-,21-/m0/s1. The topological polar surface area (TPSA) is 142 Å². The molecule has 0 spiro atoms. The molecule has 0 aromatic heterocycles. The average Bonchev–Trinajstić information content (AvgIpc) is 3.28. The number of fused-ring (bicyclic) bond motifs is 1. The second-order valence-electron chi connectivity index (χ2n) is 8.11. The summed E-state index contributed by atoms with van der Waals surface area (Å²) in [6.45, 7) is -1.04. The number of esters is 1. The van der Waals surface area contributed by atoms with Crippen LogP contribution in [0.4, 0.5) is 0 Å². The maximum absolute atomic E-state index is 13.3. The van der Waals surface area contributed by atoms with Crippen molar-refractivity contribution in [2.45, 2.75) is 23.5 Å². The number of carbonyl (C=O) groups excluding carboxylic acids is 3. The summed E-state index contributed by atoms with van der Waals surface area (Å²) in [6.07, 6.45) is -1.25. The van der Waals surface area contributed by atoms with Crippen molar-refractivity contribution in [2.24, 2.45) is 0 Å².